The van der Waals surface area contributed by atoms with Gasteiger partial charge in [-0.25, -0.2) is 4.98 Å². The van der Waals surface area contributed by atoms with E-state index < -0.39 is 0 Å². The smallest absolute Gasteiger partial charge is 0.254 e. The van der Waals surface area contributed by atoms with Gasteiger partial charge in [-0.2, -0.15) is 14.6 Å². The molecule has 1 atom stereocenters. The van der Waals surface area contributed by atoms with Gasteiger partial charge in [-0.05, 0) is 51.6 Å². The molecule has 1 aliphatic heterocycles. The van der Waals surface area contributed by atoms with Gasteiger partial charge in [0.2, 0.25) is 0 Å². The first-order chi connectivity index (χ1) is 10.9. The van der Waals surface area contributed by atoms with E-state index in [1.165, 1.54) is 43.5 Å². The lowest BCUT2D eigenvalue weighted by atomic mass is 9.96. The Bertz CT molecular complexity index is 664. The number of likely N-dealkylation sites (tertiary alicyclic amines) is 1. The first kappa shape index (κ1) is 13.9. The number of anilines is 1. The summed E-state index contributed by atoms with van der Waals surface area (Å²) in [6.07, 6.45) is 8.85. The number of likely N-dealkylation sites (N-methyl/N-ethyl adjacent to an activating group) is 1. The molecule has 6 nitrogen and oxygen atoms in total. The van der Waals surface area contributed by atoms with Gasteiger partial charge < -0.3 is 5.32 Å². The van der Waals surface area contributed by atoms with Gasteiger partial charge >= 0.3 is 0 Å². The maximum Gasteiger partial charge on any atom is 0.254 e. The second kappa shape index (κ2) is 5.83. The molecule has 1 fully saturated rings. The zero-order valence-corrected chi connectivity index (χ0v) is 13.3. The van der Waals surface area contributed by atoms with Crippen molar-refractivity contribution in [3.8, 4) is 0 Å². The van der Waals surface area contributed by atoms with Gasteiger partial charge in [0.1, 0.15) is 12.1 Å². The van der Waals surface area contributed by atoms with Crippen LogP contribution in [0.5, 0.6) is 0 Å². The Morgan fingerprint density at radius 2 is 2.18 bits per heavy atom. The fourth-order valence-corrected chi connectivity index (χ4v) is 3.92. The Morgan fingerprint density at radius 1 is 1.27 bits per heavy atom. The first-order valence-electron chi connectivity index (χ1n) is 8.56. The molecule has 2 aromatic rings. The van der Waals surface area contributed by atoms with Crippen LogP contribution in [0.15, 0.2) is 6.33 Å². The summed E-state index contributed by atoms with van der Waals surface area (Å²) in [4.78, 5) is 11.5. The van der Waals surface area contributed by atoms with Gasteiger partial charge in [-0.15, -0.1) is 0 Å². The highest BCUT2D eigenvalue weighted by Gasteiger charge is 2.24. The zero-order valence-electron chi connectivity index (χ0n) is 13.3. The lowest BCUT2D eigenvalue weighted by Crippen LogP contribution is -2.35. The molecule has 0 unspecified atom stereocenters. The molecule has 3 heterocycles. The number of hydrogen-bond acceptors (Lipinski definition) is 5. The van der Waals surface area contributed by atoms with E-state index >= 15 is 0 Å². The number of rotatable bonds is 4. The summed E-state index contributed by atoms with van der Waals surface area (Å²) in [5.74, 6) is 1.85. The van der Waals surface area contributed by atoms with Gasteiger partial charge in [0, 0.05) is 18.2 Å². The highest BCUT2D eigenvalue weighted by Crippen LogP contribution is 2.27. The van der Waals surface area contributed by atoms with Crippen LogP contribution in [0.2, 0.25) is 0 Å². The molecular weight excluding hydrogens is 276 g/mol. The molecule has 4 rings (SSSR count). The molecule has 0 radical (unpaired) electrons. The molecule has 1 aliphatic carbocycles. The summed E-state index contributed by atoms with van der Waals surface area (Å²) in [5, 5.41) is 8.07. The van der Waals surface area contributed by atoms with Crippen molar-refractivity contribution in [1.29, 1.82) is 0 Å². The van der Waals surface area contributed by atoms with Crippen molar-refractivity contribution < 1.29 is 0 Å². The van der Waals surface area contributed by atoms with Crippen LogP contribution in [0.1, 0.15) is 43.9 Å². The summed E-state index contributed by atoms with van der Waals surface area (Å²) in [5.41, 5.74) is 2.57. The molecule has 2 aliphatic rings. The normalized spacial score (nSPS) is 22.1. The van der Waals surface area contributed by atoms with Gasteiger partial charge in [-0.3, -0.25) is 4.90 Å². The van der Waals surface area contributed by atoms with Gasteiger partial charge in [-0.1, -0.05) is 6.92 Å². The number of aryl methyl sites for hydroxylation is 1. The maximum absolute atomic E-state index is 4.69. The molecule has 0 saturated carbocycles. The number of aromatic nitrogens is 4. The predicted molar refractivity (Wildman–Crippen MR) is 86.2 cm³/mol. The van der Waals surface area contributed by atoms with Crippen molar-refractivity contribution >= 4 is 11.6 Å². The lowest BCUT2D eigenvalue weighted by molar-refractivity contribution is 0.277. The number of nitrogens with zero attached hydrogens (tertiary/aromatic N) is 5. The third kappa shape index (κ3) is 2.35. The molecule has 0 amide bonds. The van der Waals surface area contributed by atoms with Crippen LogP contribution < -0.4 is 5.32 Å². The third-order valence-electron chi connectivity index (χ3n) is 5.11. The molecule has 0 bridgehead atoms. The molecule has 118 valence electrons. The molecule has 2 aromatic heterocycles. The van der Waals surface area contributed by atoms with Crippen LogP contribution in [0.25, 0.3) is 5.78 Å². The number of nitrogens with one attached hydrogen (secondary N) is 1. The van der Waals surface area contributed by atoms with E-state index in [-0.39, 0.29) is 0 Å². The number of hydrogen-bond donors (Lipinski definition) is 1. The van der Waals surface area contributed by atoms with Gasteiger partial charge in [0.05, 0.1) is 5.69 Å². The molecule has 1 saturated heterocycles. The summed E-state index contributed by atoms with van der Waals surface area (Å²) in [7, 11) is 0. The molecule has 0 aromatic carbocycles. The van der Waals surface area contributed by atoms with Crippen molar-refractivity contribution in [3.63, 3.8) is 0 Å². The van der Waals surface area contributed by atoms with Gasteiger partial charge in [0.15, 0.2) is 0 Å². The predicted octanol–water partition coefficient (Wildman–Crippen LogP) is 1.90. The van der Waals surface area contributed by atoms with E-state index in [1.807, 2.05) is 4.52 Å². The van der Waals surface area contributed by atoms with Crippen LogP contribution in [-0.4, -0.2) is 50.2 Å². The van der Waals surface area contributed by atoms with Crippen LogP contribution in [0, 0.1) is 0 Å². The van der Waals surface area contributed by atoms with Crippen molar-refractivity contribution in [2.24, 2.45) is 0 Å². The van der Waals surface area contributed by atoms with Crippen LogP contribution >= 0.6 is 0 Å². The van der Waals surface area contributed by atoms with E-state index in [2.05, 4.69) is 32.2 Å². The average Bonchev–Trinajstić information content (AvgIpc) is 3.19. The van der Waals surface area contributed by atoms with Crippen molar-refractivity contribution in [2.45, 2.75) is 51.5 Å². The Morgan fingerprint density at radius 3 is 3.09 bits per heavy atom. The second-order valence-electron chi connectivity index (χ2n) is 6.37. The minimum atomic E-state index is 0.635. The van der Waals surface area contributed by atoms with Crippen LogP contribution in [0.4, 0.5) is 5.82 Å². The Kier molecular flexibility index (Phi) is 3.70. The highest BCUT2D eigenvalue weighted by molar-refractivity contribution is 5.53. The topological polar surface area (TPSA) is 58.3 Å². The Hall–Kier alpha value is -1.69. The van der Waals surface area contributed by atoms with Crippen LogP contribution in [0.3, 0.4) is 0 Å². The van der Waals surface area contributed by atoms with E-state index in [1.54, 1.807) is 6.33 Å². The summed E-state index contributed by atoms with van der Waals surface area (Å²) in [6, 6.07) is 0.635. The summed E-state index contributed by atoms with van der Waals surface area (Å²) >= 11 is 0. The molecule has 0 spiro atoms. The van der Waals surface area contributed by atoms with Crippen molar-refractivity contribution in [1.82, 2.24) is 24.5 Å². The lowest BCUT2D eigenvalue weighted by Gasteiger charge is -2.25. The fraction of sp³-hybridized carbons (Fsp3) is 0.688. The largest absolute Gasteiger partial charge is 0.368 e. The minimum absolute atomic E-state index is 0.635. The SMILES string of the molecule is CCN1CCC[C@@H]1CNc1c2c(nc3ncnn13)CCCC2. The van der Waals surface area contributed by atoms with E-state index in [9.17, 15) is 0 Å². The summed E-state index contributed by atoms with van der Waals surface area (Å²) < 4.78 is 1.88. The Balaban J connectivity index is 1.63. The third-order valence-corrected chi connectivity index (χ3v) is 5.11. The molecule has 1 N–H and O–H groups in total. The maximum atomic E-state index is 4.69. The van der Waals surface area contributed by atoms with Crippen molar-refractivity contribution in [3.05, 3.63) is 17.6 Å². The fourth-order valence-electron chi connectivity index (χ4n) is 3.92. The monoisotopic (exact) mass is 300 g/mol. The average molecular weight is 300 g/mol. The Labute approximate surface area is 130 Å². The van der Waals surface area contributed by atoms with E-state index in [0.717, 1.165) is 37.5 Å². The number of fused-ring (bicyclic) bond motifs is 2. The van der Waals surface area contributed by atoms with Crippen molar-refractivity contribution in [2.75, 3.05) is 25.0 Å². The van der Waals surface area contributed by atoms with E-state index in [4.69, 9.17) is 0 Å². The zero-order chi connectivity index (χ0) is 14.9. The first-order valence-corrected chi connectivity index (χ1v) is 8.56. The molecule has 6 heteroatoms. The standard InChI is InChI=1S/C16H24N6/c1-2-21-9-5-6-12(21)10-17-15-13-7-3-4-8-14(13)20-16-18-11-19-22(15)16/h11-12,17H,2-10H2,1H3/t12-/m1/s1. The molecular formula is C16H24N6. The second-order valence-corrected chi connectivity index (χ2v) is 6.37. The van der Waals surface area contributed by atoms with E-state index in [0.29, 0.717) is 6.04 Å². The van der Waals surface area contributed by atoms with Gasteiger partial charge in [0.25, 0.3) is 5.78 Å². The van der Waals surface area contributed by atoms with Crippen LogP contribution in [-0.2, 0) is 12.8 Å². The highest BCUT2D eigenvalue weighted by atomic mass is 15.4. The molecule has 22 heavy (non-hydrogen) atoms. The summed E-state index contributed by atoms with van der Waals surface area (Å²) in [6.45, 7) is 5.61. The quantitative estimate of drug-likeness (QED) is 0.934. The minimum Gasteiger partial charge on any atom is -0.368 e.